The van der Waals surface area contributed by atoms with Gasteiger partial charge in [-0.1, -0.05) is 24.3 Å². The van der Waals surface area contributed by atoms with Gasteiger partial charge in [0.25, 0.3) is 0 Å². The molecular weight excluding hydrogens is 158 g/mol. The highest BCUT2D eigenvalue weighted by Crippen LogP contribution is 2.36. The maximum absolute atomic E-state index is 3.40. The molecule has 0 unspecified atom stereocenters. The van der Waals surface area contributed by atoms with Crippen LogP contribution in [0.3, 0.4) is 0 Å². The van der Waals surface area contributed by atoms with E-state index in [0.717, 1.165) is 6.42 Å². The largest absolute Gasteiger partial charge is 0.362 e. The van der Waals surface area contributed by atoms with Crippen LogP contribution in [0, 0.1) is 6.92 Å². The maximum Gasteiger partial charge on any atom is 0.0273 e. The molecule has 2 aromatic rings. The highest BCUT2D eigenvalue weighted by Gasteiger charge is 2.18. The second kappa shape index (κ2) is 2.25. The minimum atomic E-state index is 1.07. The summed E-state index contributed by atoms with van der Waals surface area (Å²) in [7, 11) is 0. The summed E-state index contributed by atoms with van der Waals surface area (Å²) in [5.74, 6) is 0. The maximum atomic E-state index is 3.40. The molecule has 1 N–H and O–H groups in total. The van der Waals surface area contributed by atoms with Crippen LogP contribution in [0.4, 0.5) is 0 Å². The standard InChI is InChI=1S/C12H11N/c1-8-6-11-10-5-3-2-4-9(10)7-12(11)13-8/h2-6,13H,7H2,1H3. The van der Waals surface area contributed by atoms with Crippen LogP contribution in [0.5, 0.6) is 0 Å². The summed E-state index contributed by atoms with van der Waals surface area (Å²) in [5.41, 5.74) is 6.89. The van der Waals surface area contributed by atoms with Gasteiger partial charge in [-0.3, -0.25) is 0 Å². The number of nitrogens with one attached hydrogen (secondary N) is 1. The van der Waals surface area contributed by atoms with Gasteiger partial charge in [0.15, 0.2) is 0 Å². The van der Waals surface area contributed by atoms with Gasteiger partial charge in [0.05, 0.1) is 0 Å². The topological polar surface area (TPSA) is 15.8 Å². The van der Waals surface area contributed by atoms with E-state index in [0.29, 0.717) is 0 Å². The van der Waals surface area contributed by atoms with Crippen molar-refractivity contribution in [3.05, 3.63) is 47.3 Å². The molecule has 64 valence electrons. The molecule has 0 amide bonds. The summed E-state index contributed by atoms with van der Waals surface area (Å²) in [4.78, 5) is 3.40. The van der Waals surface area contributed by atoms with E-state index >= 15 is 0 Å². The molecule has 0 bridgehead atoms. The fourth-order valence-electron chi connectivity index (χ4n) is 2.15. The molecular formula is C12H11N. The number of H-pyrrole nitrogens is 1. The summed E-state index contributed by atoms with van der Waals surface area (Å²) in [6.45, 7) is 2.11. The average molecular weight is 169 g/mol. The molecule has 0 radical (unpaired) electrons. The lowest BCUT2D eigenvalue weighted by atomic mass is 10.1. The second-order valence-electron chi connectivity index (χ2n) is 3.68. The van der Waals surface area contributed by atoms with Crippen LogP contribution >= 0.6 is 0 Å². The van der Waals surface area contributed by atoms with E-state index < -0.39 is 0 Å². The molecule has 1 aliphatic carbocycles. The Bertz CT molecular complexity index is 466. The van der Waals surface area contributed by atoms with E-state index in [2.05, 4.69) is 42.2 Å². The molecule has 3 rings (SSSR count). The average Bonchev–Trinajstić information content (AvgIpc) is 2.60. The van der Waals surface area contributed by atoms with E-state index in [-0.39, 0.29) is 0 Å². The number of benzene rings is 1. The fraction of sp³-hybridized carbons (Fsp3) is 0.167. The van der Waals surface area contributed by atoms with Crippen molar-refractivity contribution in [1.29, 1.82) is 0 Å². The normalized spacial score (nSPS) is 12.7. The third-order valence-electron chi connectivity index (χ3n) is 2.71. The Labute approximate surface area is 77.4 Å². The molecule has 1 nitrogen and oxygen atoms in total. The third-order valence-corrected chi connectivity index (χ3v) is 2.71. The van der Waals surface area contributed by atoms with Crippen molar-refractivity contribution in [3.8, 4) is 11.1 Å². The van der Waals surface area contributed by atoms with Gasteiger partial charge >= 0.3 is 0 Å². The lowest BCUT2D eigenvalue weighted by molar-refractivity contribution is 1.11. The molecule has 1 heterocycles. The lowest BCUT2D eigenvalue weighted by Gasteiger charge is -1.96. The van der Waals surface area contributed by atoms with Crippen molar-refractivity contribution in [3.63, 3.8) is 0 Å². The summed E-state index contributed by atoms with van der Waals surface area (Å²) >= 11 is 0. The van der Waals surface area contributed by atoms with Crippen molar-refractivity contribution in [2.75, 3.05) is 0 Å². The van der Waals surface area contributed by atoms with Gasteiger partial charge < -0.3 is 4.98 Å². The van der Waals surface area contributed by atoms with Crippen molar-refractivity contribution in [1.82, 2.24) is 4.98 Å². The molecule has 0 aliphatic heterocycles. The number of fused-ring (bicyclic) bond motifs is 3. The van der Waals surface area contributed by atoms with Crippen molar-refractivity contribution in [2.24, 2.45) is 0 Å². The number of hydrogen-bond acceptors (Lipinski definition) is 0. The Hall–Kier alpha value is -1.50. The summed E-state index contributed by atoms with van der Waals surface area (Å²) in [6, 6.07) is 10.9. The molecule has 13 heavy (non-hydrogen) atoms. The summed E-state index contributed by atoms with van der Waals surface area (Å²) in [5, 5.41) is 0. The quantitative estimate of drug-likeness (QED) is 0.532. The van der Waals surface area contributed by atoms with Gasteiger partial charge in [0.1, 0.15) is 0 Å². The first-order chi connectivity index (χ1) is 6.34. The Morgan fingerprint density at radius 1 is 1.15 bits per heavy atom. The molecule has 1 aromatic carbocycles. The van der Waals surface area contributed by atoms with E-state index in [1.54, 1.807) is 0 Å². The first kappa shape index (κ1) is 6.96. The lowest BCUT2D eigenvalue weighted by Crippen LogP contribution is -1.82. The number of aromatic nitrogens is 1. The van der Waals surface area contributed by atoms with Crippen molar-refractivity contribution < 1.29 is 0 Å². The van der Waals surface area contributed by atoms with E-state index in [4.69, 9.17) is 0 Å². The predicted molar refractivity (Wildman–Crippen MR) is 53.8 cm³/mol. The van der Waals surface area contributed by atoms with Crippen LogP contribution in [0.25, 0.3) is 11.1 Å². The fourth-order valence-corrected chi connectivity index (χ4v) is 2.15. The van der Waals surface area contributed by atoms with Crippen molar-refractivity contribution in [2.45, 2.75) is 13.3 Å². The van der Waals surface area contributed by atoms with Gasteiger partial charge in [-0.25, -0.2) is 0 Å². The van der Waals surface area contributed by atoms with Crippen molar-refractivity contribution >= 4 is 0 Å². The molecule has 0 fully saturated rings. The molecule has 0 atom stereocenters. The van der Waals surface area contributed by atoms with Gasteiger partial charge in [-0.2, -0.15) is 0 Å². The Balaban J connectivity index is 2.30. The minimum Gasteiger partial charge on any atom is -0.362 e. The molecule has 0 saturated heterocycles. The number of aryl methyl sites for hydroxylation is 1. The van der Waals surface area contributed by atoms with Gasteiger partial charge in [0.2, 0.25) is 0 Å². The van der Waals surface area contributed by atoms with Crippen LogP contribution in [-0.2, 0) is 6.42 Å². The predicted octanol–water partition coefficient (Wildman–Crippen LogP) is 2.89. The highest BCUT2D eigenvalue weighted by atomic mass is 14.7. The van der Waals surface area contributed by atoms with Crippen LogP contribution in [0.15, 0.2) is 30.3 Å². The Morgan fingerprint density at radius 2 is 2.00 bits per heavy atom. The summed E-state index contributed by atoms with van der Waals surface area (Å²) in [6.07, 6.45) is 1.07. The first-order valence-corrected chi connectivity index (χ1v) is 4.61. The van der Waals surface area contributed by atoms with Crippen LogP contribution < -0.4 is 0 Å². The zero-order valence-corrected chi connectivity index (χ0v) is 7.59. The van der Waals surface area contributed by atoms with E-state index in [9.17, 15) is 0 Å². The zero-order chi connectivity index (χ0) is 8.84. The van der Waals surface area contributed by atoms with Crippen LogP contribution in [-0.4, -0.2) is 4.98 Å². The van der Waals surface area contributed by atoms with E-state index in [1.165, 1.54) is 28.1 Å². The highest BCUT2D eigenvalue weighted by molar-refractivity contribution is 5.76. The molecule has 0 spiro atoms. The Kier molecular flexibility index (Phi) is 1.21. The van der Waals surface area contributed by atoms with Crippen LogP contribution in [0.1, 0.15) is 17.0 Å². The number of hydrogen-bond donors (Lipinski definition) is 1. The zero-order valence-electron chi connectivity index (χ0n) is 7.59. The monoisotopic (exact) mass is 169 g/mol. The van der Waals surface area contributed by atoms with Gasteiger partial charge in [0, 0.05) is 23.4 Å². The second-order valence-corrected chi connectivity index (χ2v) is 3.68. The number of rotatable bonds is 0. The van der Waals surface area contributed by atoms with E-state index in [1.807, 2.05) is 0 Å². The summed E-state index contributed by atoms with van der Waals surface area (Å²) < 4.78 is 0. The minimum absolute atomic E-state index is 1.07. The number of aromatic amines is 1. The van der Waals surface area contributed by atoms with Gasteiger partial charge in [-0.05, 0) is 24.1 Å². The van der Waals surface area contributed by atoms with Gasteiger partial charge in [-0.15, -0.1) is 0 Å². The Morgan fingerprint density at radius 3 is 2.92 bits per heavy atom. The SMILES string of the molecule is Cc1cc2c([nH]1)Cc1ccccc1-2. The third kappa shape index (κ3) is 0.872. The van der Waals surface area contributed by atoms with Crippen LogP contribution in [0.2, 0.25) is 0 Å². The smallest absolute Gasteiger partial charge is 0.0273 e. The molecule has 1 aliphatic rings. The first-order valence-electron chi connectivity index (χ1n) is 4.61. The molecule has 0 saturated carbocycles. The molecule has 1 aromatic heterocycles. The molecule has 1 heteroatoms.